The van der Waals surface area contributed by atoms with E-state index in [-0.39, 0.29) is 10.5 Å². The van der Waals surface area contributed by atoms with Crippen molar-refractivity contribution in [2.75, 3.05) is 6.16 Å². The van der Waals surface area contributed by atoms with Crippen molar-refractivity contribution in [3.63, 3.8) is 0 Å². The van der Waals surface area contributed by atoms with Gasteiger partial charge in [0.05, 0.1) is 0 Å². The van der Waals surface area contributed by atoms with E-state index >= 15 is 0 Å². The molecule has 0 amide bonds. The highest BCUT2D eigenvalue weighted by molar-refractivity contribution is 7.72. The fourth-order valence-corrected chi connectivity index (χ4v) is 7.14. The number of alkyl halides is 1. The van der Waals surface area contributed by atoms with Crippen molar-refractivity contribution in [1.29, 1.82) is 0 Å². The molecule has 0 bridgehead atoms. The standard InChI is InChI=1S/C13H18ClOP/c1-13(2,14)12-9-6-10-16(12,15)11-7-4-3-5-8-11/h3-5,7-8,12H,6,9-10H2,1-2H3/t12-,16+/m0/s1. The zero-order valence-corrected chi connectivity index (χ0v) is 11.5. The first-order valence-electron chi connectivity index (χ1n) is 5.78. The molecule has 0 radical (unpaired) electrons. The zero-order valence-electron chi connectivity index (χ0n) is 9.82. The Morgan fingerprint density at radius 3 is 2.50 bits per heavy atom. The van der Waals surface area contributed by atoms with Crippen LogP contribution in [0.2, 0.25) is 0 Å². The fourth-order valence-electron chi connectivity index (χ4n) is 2.71. The first-order chi connectivity index (χ1) is 7.44. The molecule has 1 aromatic rings. The van der Waals surface area contributed by atoms with Gasteiger partial charge in [0.25, 0.3) is 0 Å². The quantitative estimate of drug-likeness (QED) is 0.580. The summed E-state index contributed by atoms with van der Waals surface area (Å²) in [5.41, 5.74) is 0.129. The molecular formula is C13H18ClOP. The lowest BCUT2D eigenvalue weighted by molar-refractivity contribution is 0.554. The van der Waals surface area contributed by atoms with E-state index in [2.05, 4.69) is 0 Å². The van der Waals surface area contributed by atoms with Gasteiger partial charge in [0.2, 0.25) is 0 Å². The molecule has 0 unspecified atom stereocenters. The van der Waals surface area contributed by atoms with Crippen LogP contribution in [0, 0.1) is 0 Å². The molecular weight excluding hydrogens is 239 g/mol. The normalized spacial score (nSPS) is 30.6. The highest BCUT2D eigenvalue weighted by atomic mass is 35.5. The van der Waals surface area contributed by atoms with E-state index in [4.69, 9.17) is 11.6 Å². The summed E-state index contributed by atoms with van der Waals surface area (Å²) in [6.45, 7) is 3.97. The summed E-state index contributed by atoms with van der Waals surface area (Å²) in [6, 6.07) is 9.87. The predicted molar refractivity (Wildman–Crippen MR) is 71.5 cm³/mol. The van der Waals surface area contributed by atoms with Crippen LogP contribution in [0.1, 0.15) is 26.7 Å². The average Bonchev–Trinajstić information content (AvgIpc) is 2.63. The number of hydrogen-bond donors (Lipinski definition) is 0. The van der Waals surface area contributed by atoms with Gasteiger partial charge >= 0.3 is 0 Å². The minimum Gasteiger partial charge on any atom is -0.318 e. The lowest BCUT2D eigenvalue weighted by Gasteiger charge is -2.30. The topological polar surface area (TPSA) is 17.1 Å². The van der Waals surface area contributed by atoms with Gasteiger partial charge in [-0.2, -0.15) is 0 Å². The monoisotopic (exact) mass is 256 g/mol. The molecule has 1 nitrogen and oxygen atoms in total. The Kier molecular flexibility index (Phi) is 3.20. The van der Waals surface area contributed by atoms with E-state index in [0.717, 1.165) is 24.3 Å². The first-order valence-corrected chi connectivity index (χ1v) is 8.12. The lowest BCUT2D eigenvalue weighted by Crippen LogP contribution is -2.30. The predicted octanol–water partition coefficient (Wildman–Crippen LogP) is 3.85. The van der Waals surface area contributed by atoms with Gasteiger partial charge in [0.1, 0.15) is 7.14 Å². The number of halogens is 1. The molecule has 0 aromatic heterocycles. The van der Waals surface area contributed by atoms with Gasteiger partial charge in [0.15, 0.2) is 0 Å². The zero-order chi connectivity index (χ0) is 11.8. The Morgan fingerprint density at radius 1 is 1.31 bits per heavy atom. The molecule has 88 valence electrons. The first kappa shape index (κ1) is 12.2. The molecule has 3 heteroatoms. The minimum absolute atomic E-state index is 0.129. The van der Waals surface area contributed by atoms with Crippen molar-refractivity contribution < 1.29 is 4.57 Å². The second-order valence-electron chi connectivity index (χ2n) is 5.08. The summed E-state index contributed by atoms with van der Waals surface area (Å²) >= 11 is 6.40. The number of benzene rings is 1. The molecule has 1 saturated heterocycles. The SMILES string of the molecule is CC(C)(Cl)[C@@H]1CCC[P@@]1(=O)c1ccccc1. The van der Waals surface area contributed by atoms with Crippen LogP contribution >= 0.6 is 18.7 Å². The highest BCUT2D eigenvalue weighted by Gasteiger charge is 2.46. The van der Waals surface area contributed by atoms with E-state index in [1.54, 1.807) is 0 Å². The summed E-state index contributed by atoms with van der Waals surface area (Å²) in [5.74, 6) is 0. The Labute approximate surface area is 103 Å². The maximum atomic E-state index is 13.1. The number of rotatable bonds is 2. The van der Waals surface area contributed by atoms with Gasteiger partial charge < -0.3 is 4.57 Å². The van der Waals surface area contributed by atoms with E-state index in [1.165, 1.54) is 0 Å². The molecule has 16 heavy (non-hydrogen) atoms. The molecule has 1 aromatic carbocycles. The van der Waals surface area contributed by atoms with Crippen LogP contribution in [0.15, 0.2) is 30.3 Å². The van der Waals surface area contributed by atoms with Gasteiger partial charge in [-0.05, 0) is 26.7 Å². The summed E-state index contributed by atoms with van der Waals surface area (Å²) in [5, 5.41) is 1.01. The summed E-state index contributed by atoms with van der Waals surface area (Å²) in [4.78, 5) is -0.373. The van der Waals surface area contributed by atoms with Crippen molar-refractivity contribution in [2.45, 2.75) is 37.2 Å². The Morgan fingerprint density at radius 2 is 1.94 bits per heavy atom. The molecule has 1 fully saturated rings. The fraction of sp³-hybridized carbons (Fsp3) is 0.538. The van der Waals surface area contributed by atoms with Gasteiger partial charge in [-0.1, -0.05) is 30.3 Å². The van der Waals surface area contributed by atoms with E-state index in [9.17, 15) is 4.57 Å². The lowest BCUT2D eigenvalue weighted by atomic mass is 10.1. The maximum Gasteiger partial charge on any atom is 0.120 e. The van der Waals surface area contributed by atoms with Crippen molar-refractivity contribution in [3.8, 4) is 0 Å². The molecule has 2 atom stereocenters. The van der Waals surface area contributed by atoms with Gasteiger partial charge in [-0.15, -0.1) is 11.6 Å². The van der Waals surface area contributed by atoms with Crippen molar-refractivity contribution in [2.24, 2.45) is 0 Å². The van der Waals surface area contributed by atoms with Gasteiger partial charge in [-0.3, -0.25) is 0 Å². The molecule has 0 N–H and O–H groups in total. The highest BCUT2D eigenvalue weighted by Crippen LogP contribution is 2.61. The van der Waals surface area contributed by atoms with Crippen LogP contribution in [0.5, 0.6) is 0 Å². The van der Waals surface area contributed by atoms with E-state index < -0.39 is 7.14 Å². The molecule has 1 aliphatic heterocycles. The Balaban J connectivity index is 2.42. The van der Waals surface area contributed by atoms with Crippen molar-refractivity contribution in [1.82, 2.24) is 0 Å². The van der Waals surface area contributed by atoms with E-state index in [0.29, 0.717) is 0 Å². The molecule has 1 heterocycles. The molecule has 1 aliphatic rings. The smallest absolute Gasteiger partial charge is 0.120 e. The largest absolute Gasteiger partial charge is 0.318 e. The molecule has 0 spiro atoms. The van der Waals surface area contributed by atoms with Crippen LogP contribution in [0.4, 0.5) is 0 Å². The Bertz CT molecular complexity index is 408. The van der Waals surface area contributed by atoms with Crippen LogP contribution in [0.25, 0.3) is 0 Å². The van der Waals surface area contributed by atoms with Crippen molar-refractivity contribution >= 4 is 24.0 Å². The average molecular weight is 257 g/mol. The minimum atomic E-state index is -2.29. The van der Waals surface area contributed by atoms with Gasteiger partial charge in [-0.25, -0.2) is 0 Å². The van der Waals surface area contributed by atoms with Gasteiger partial charge in [0, 0.05) is 22.0 Å². The van der Waals surface area contributed by atoms with E-state index in [1.807, 2.05) is 44.2 Å². The van der Waals surface area contributed by atoms with Crippen LogP contribution in [-0.4, -0.2) is 16.7 Å². The second kappa shape index (κ2) is 4.20. The third-order valence-electron chi connectivity index (χ3n) is 3.46. The Hall–Kier alpha value is -0.260. The molecule has 0 saturated carbocycles. The summed E-state index contributed by atoms with van der Waals surface area (Å²) in [7, 11) is -2.29. The third kappa shape index (κ3) is 2.08. The van der Waals surface area contributed by atoms with Crippen LogP contribution in [-0.2, 0) is 4.57 Å². The number of hydrogen-bond acceptors (Lipinski definition) is 1. The molecule has 2 rings (SSSR count). The maximum absolute atomic E-state index is 13.1. The van der Waals surface area contributed by atoms with Crippen LogP contribution in [0.3, 0.4) is 0 Å². The molecule has 0 aliphatic carbocycles. The summed E-state index contributed by atoms with van der Waals surface area (Å²) < 4.78 is 13.1. The third-order valence-corrected chi connectivity index (χ3v) is 7.94. The van der Waals surface area contributed by atoms with Crippen molar-refractivity contribution in [3.05, 3.63) is 30.3 Å². The summed E-state index contributed by atoms with van der Waals surface area (Å²) in [6.07, 6.45) is 2.84. The van der Waals surface area contributed by atoms with Crippen LogP contribution < -0.4 is 5.30 Å². The second-order valence-corrected chi connectivity index (χ2v) is 9.23.